The van der Waals surface area contributed by atoms with E-state index in [9.17, 15) is 32.8 Å². The number of amides is 4. The van der Waals surface area contributed by atoms with Crippen molar-refractivity contribution < 1.29 is 56.4 Å². The number of anilines is 1. The number of hydrogen-bond acceptors (Lipinski definition) is 11. The third kappa shape index (κ3) is 7.74. The average Bonchev–Trinajstić information content (AvgIpc) is 3.27. The van der Waals surface area contributed by atoms with Gasteiger partial charge in [-0.15, -0.1) is 8.78 Å². The zero-order chi connectivity index (χ0) is 33.1. The second-order valence-corrected chi connectivity index (χ2v) is 10.5. The van der Waals surface area contributed by atoms with Gasteiger partial charge in [0.15, 0.2) is 17.5 Å². The van der Waals surface area contributed by atoms with E-state index in [0.29, 0.717) is 11.1 Å². The van der Waals surface area contributed by atoms with Crippen LogP contribution in [0, 0.1) is 11.8 Å². The molecule has 0 aliphatic carbocycles. The highest BCUT2D eigenvalue weighted by Crippen LogP contribution is 2.42. The summed E-state index contributed by atoms with van der Waals surface area (Å²) in [6.45, 7) is 7.77. The first-order valence-electron chi connectivity index (χ1n) is 14.0. The number of rotatable bonds is 10. The molecule has 2 aliphatic heterocycles. The van der Waals surface area contributed by atoms with Crippen molar-refractivity contribution in [2.45, 2.75) is 65.7 Å². The van der Waals surface area contributed by atoms with Crippen molar-refractivity contribution in [1.29, 1.82) is 0 Å². The Bertz CT molecular complexity index is 1490. The molecule has 14 nitrogen and oxygen atoms in total. The Hall–Kier alpha value is -5.02. The zero-order valence-electron chi connectivity index (χ0n) is 25.0. The second kappa shape index (κ2) is 13.3. The summed E-state index contributed by atoms with van der Waals surface area (Å²) in [7, 11) is 0. The molecular weight excluding hydrogens is 602 g/mol. The van der Waals surface area contributed by atoms with E-state index in [4.69, 9.17) is 14.2 Å². The van der Waals surface area contributed by atoms with Gasteiger partial charge in [-0.3, -0.25) is 14.9 Å². The molecule has 0 bridgehead atoms. The fourth-order valence-electron chi connectivity index (χ4n) is 4.58. The number of β-lactam (4-membered cyclic amide) rings is 1. The number of esters is 2. The van der Waals surface area contributed by atoms with E-state index in [1.807, 2.05) is 0 Å². The fraction of sp³-hybridized carbons (Fsp3) is 0.448. The molecular formula is C29H32F2N4O10. The highest BCUT2D eigenvalue weighted by Gasteiger charge is 2.55. The number of fused-ring (bicyclic) bond motifs is 1. The number of aromatic nitrogens is 1. The molecule has 0 spiro atoms. The van der Waals surface area contributed by atoms with Crippen LogP contribution in [0.2, 0.25) is 0 Å². The number of nitrogens with one attached hydrogen (secondary N) is 2. The minimum Gasteiger partial charge on any atom is -0.464 e. The van der Waals surface area contributed by atoms with Gasteiger partial charge in [0, 0.05) is 13.1 Å². The minimum atomic E-state index is -3.81. The standard InChI is InChI=1S/C29H32F2N4O10/c1-6-41-26(38)23-19(11-17-9-10-32-22(12-17)34-28(40)43-16(5)42-25(37)14(2)3)24(36)35(23)27(39)33-15(4)18-7-8-20-21(13-18)45-29(30,31)44-20/h7-10,12-16,19,23H,6,11H2,1-5H3,(H,33,39)(H,32,34,40). The molecule has 1 aromatic heterocycles. The molecule has 16 heteroatoms. The summed E-state index contributed by atoms with van der Waals surface area (Å²) in [5.74, 6) is -3.71. The first-order valence-corrected chi connectivity index (χ1v) is 14.0. The molecule has 242 valence electrons. The van der Waals surface area contributed by atoms with Crippen LogP contribution in [-0.2, 0) is 35.0 Å². The third-order valence-electron chi connectivity index (χ3n) is 6.76. The van der Waals surface area contributed by atoms with Gasteiger partial charge in [0.2, 0.25) is 12.2 Å². The van der Waals surface area contributed by atoms with Crippen LogP contribution in [0.25, 0.3) is 0 Å². The van der Waals surface area contributed by atoms with Crippen LogP contribution in [0.4, 0.5) is 24.2 Å². The lowest BCUT2D eigenvalue weighted by molar-refractivity contribution is -0.286. The molecule has 1 saturated heterocycles. The summed E-state index contributed by atoms with van der Waals surface area (Å²) >= 11 is 0. The monoisotopic (exact) mass is 634 g/mol. The molecule has 2 aliphatic rings. The van der Waals surface area contributed by atoms with E-state index in [-0.39, 0.29) is 30.3 Å². The van der Waals surface area contributed by atoms with Crippen molar-refractivity contribution in [3.8, 4) is 11.5 Å². The first-order chi connectivity index (χ1) is 21.2. The number of likely N-dealkylation sites (tertiary alicyclic amines) is 1. The van der Waals surface area contributed by atoms with Crippen LogP contribution in [0.3, 0.4) is 0 Å². The molecule has 4 unspecified atom stereocenters. The number of hydrogen-bond donors (Lipinski definition) is 2. The largest absolute Gasteiger partial charge is 0.586 e. The summed E-state index contributed by atoms with van der Waals surface area (Å²) in [5.41, 5.74) is 0.876. The molecule has 1 fully saturated rings. The van der Waals surface area contributed by atoms with E-state index < -0.39 is 66.5 Å². The van der Waals surface area contributed by atoms with Gasteiger partial charge in [-0.25, -0.2) is 24.3 Å². The van der Waals surface area contributed by atoms with Crippen molar-refractivity contribution in [3.63, 3.8) is 0 Å². The maximum absolute atomic E-state index is 13.4. The number of imide groups is 1. The summed E-state index contributed by atoms with van der Waals surface area (Å²) in [4.78, 5) is 67.9. The van der Waals surface area contributed by atoms with Gasteiger partial charge in [0.25, 0.3) is 0 Å². The Morgan fingerprint density at radius 1 is 1.04 bits per heavy atom. The van der Waals surface area contributed by atoms with Crippen LogP contribution in [0.5, 0.6) is 11.5 Å². The number of pyridine rings is 1. The van der Waals surface area contributed by atoms with E-state index in [1.54, 1.807) is 33.8 Å². The van der Waals surface area contributed by atoms with Crippen LogP contribution < -0.4 is 20.1 Å². The number of ether oxygens (including phenoxy) is 5. The smallest absolute Gasteiger partial charge is 0.464 e. The Balaban J connectivity index is 1.40. The molecule has 45 heavy (non-hydrogen) atoms. The number of carbonyl (C=O) groups is 5. The van der Waals surface area contributed by atoms with Crippen LogP contribution in [-0.4, -0.2) is 65.1 Å². The molecule has 4 amide bonds. The Morgan fingerprint density at radius 2 is 1.76 bits per heavy atom. The van der Waals surface area contributed by atoms with Crippen molar-refractivity contribution in [3.05, 3.63) is 47.7 Å². The zero-order valence-corrected chi connectivity index (χ0v) is 25.0. The third-order valence-corrected chi connectivity index (χ3v) is 6.76. The number of nitrogens with zero attached hydrogens (tertiary/aromatic N) is 2. The lowest BCUT2D eigenvalue weighted by Gasteiger charge is -2.44. The van der Waals surface area contributed by atoms with Crippen LogP contribution in [0.15, 0.2) is 36.5 Å². The molecule has 1 aromatic carbocycles. The van der Waals surface area contributed by atoms with Crippen LogP contribution >= 0.6 is 0 Å². The summed E-state index contributed by atoms with van der Waals surface area (Å²) in [5, 5.41) is 4.99. The van der Waals surface area contributed by atoms with Gasteiger partial charge in [-0.2, -0.15) is 0 Å². The van der Waals surface area contributed by atoms with E-state index in [0.717, 1.165) is 4.90 Å². The van der Waals surface area contributed by atoms with Crippen LogP contribution in [0.1, 0.15) is 51.8 Å². The predicted octanol–water partition coefficient (Wildman–Crippen LogP) is 3.90. The van der Waals surface area contributed by atoms with Crippen molar-refractivity contribution >= 4 is 35.8 Å². The highest BCUT2D eigenvalue weighted by molar-refractivity contribution is 6.08. The average molecular weight is 635 g/mol. The van der Waals surface area contributed by atoms with E-state index in [1.165, 1.54) is 37.4 Å². The minimum absolute atomic E-state index is 0.000273. The molecule has 3 heterocycles. The maximum atomic E-state index is 13.4. The number of carbonyl (C=O) groups excluding carboxylic acids is 5. The maximum Gasteiger partial charge on any atom is 0.586 e. The Morgan fingerprint density at radius 3 is 2.44 bits per heavy atom. The van der Waals surface area contributed by atoms with Gasteiger partial charge in [0.1, 0.15) is 5.82 Å². The molecule has 0 radical (unpaired) electrons. The number of alkyl halides is 2. The predicted molar refractivity (Wildman–Crippen MR) is 149 cm³/mol. The molecule has 4 atom stereocenters. The quantitative estimate of drug-likeness (QED) is 0.221. The van der Waals surface area contributed by atoms with Gasteiger partial charge in [-0.1, -0.05) is 19.9 Å². The van der Waals surface area contributed by atoms with E-state index in [2.05, 4.69) is 25.1 Å². The normalized spacial score (nSPS) is 19.2. The van der Waals surface area contributed by atoms with Gasteiger partial charge in [-0.05, 0) is 55.7 Å². The lowest BCUT2D eigenvalue weighted by atomic mass is 9.82. The molecule has 2 aromatic rings. The van der Waals surface area contributed by atoms with Gasteiger partial charge >= 0.3 is 30.4 Å². The summed E-state index contributed by atoms with van der Waals surface area (Å²) in [6, 6.07) is 4.07. The lowest BCUT2D eigenvalue weighted by Crippen LogP contribution is -2.69. The van der Waals surface area contributed by atoms with Gasteiger partial charge < -0.3 is 29.0 Å². The molecule has 4 rings (SSSR count). The second-order valence-electron chi connectivity index (χ2n) is 10.5. The Kier molecular flexibility index (Phi) is 9.73. The first kappa shape index (κ1) is 32.9. The summed E-state index contributed by atoms with van der Waals surface area (Å²) in [6.07, 6.45) is -4.55. The van der Waals surface area contributed by atoms with Crippen molar-refractivity contribution in [2.75, 3.05) is 11.9 Å². The van der Waals surface area contributed by atoms with E-state index >= 15 is 0 Å². The van der Waals surface area contributed by atoms with Gasteiger partial charge in [0.05, 0.1) is 24.5 Å². The van der Waals surface area contributed by atoms with Crippen molar-refractivity contribution in [1.82, 2.24) is 15.2 Å². The SMILES string of the molecule is CCOC(=O)C1C(Cc2ccnc(NC(=O)OC(C)OC(=O)C(C)C)c2)C(=O)N1C(=O)NC(C)c1ccc2c(c1)OC(F)(F)O2. The Labute approximate surface area is 256 Å². The molecule has 0 saturated carbocycles. The fourth-order valence-corrected chi connectivity index (χ4v) is 4.58. The topological polar surface area (TPSA) is 172 Å². The highest BCUT2D eigenvalue weighted by atomic mass is 19.3. The van der Waals surface area contributed by atoms with Crippen molar-refractivity contribution in [2.24, 2.45) is 11.8 Å². The molecule has 2 N–H and O–H groups in total. The number of benzene rings is 1. The summed E-state index contributed by atoms with van der Waals surface area (Å²) < 4.78 is 50.7. The number of halogens is 2. The number of urea groups is 1.